The molecular weight excluding hydrogens is 558 g/mol. The zero-order chi connectivity index (χ0) is 31.8. The molecule has 0 bridgehead atoms. The van der Waals surface area contributed by atoms with Gasteiger partial charge in [-0.25, -0.2) is 0 Å². The molecule has 13 heteroatoms. The number of carbonyl (C=O) groups is 3. The molecule has 0 saturated heterocycles. The highest BCUT2D eigenvalue weighted by Gasteiger charge is 2.74. The molecule has 0 spiro atoms. The zero-order valence-electron chi connectivity index (χ0n) is 23.9. The van der Waals surface area contributed by atoms with Crippen LogP contribution in [0.5, 0.6) is 17.2 Å². The van der Waals surface area contributed by atoms with Crippen molar-refractivity contribution >= 4 is 23.2 Å². The van der Waals surface area contributed by atoms with Crippen molar-refractivity contribution in [3.63, 3.8) is 0 Å². The summed E-state index contributed by atoms with van der Waals surface area (Å²) >= 11 is 0. The monoisotopic (exact) mass is 589 g/mol. The van der Waals surface area contributed by atoms with E-state index in [1.165, 1.54) is 39.3 Å². The maximum absolute atomic E-state index is 14.5. The molecule has 0 aromatic heterocycles. The molecule has 2 aromatic rings. The summed E-state index contributed by atoms with van der Waals surface area (Å²) in [6.45, 7) is 0. The Bertz CT molecular complexity index is 1740. The second-order valence-electron chi connectivity index (χ2n) is 11.3. The number of primary amides is 1. The predicted molar refractivity (Wildman–Crippen MR) is 153 cm³/mol. The number of aromatic hydroxyl groups is 1. The largest absolute Gasteiger partial charge is 0.509 e. The van der Waals surface area contributed by atoms with Gasteiger partial charge in [-0.3, -0.25) is 19.3 Å². The van der Waals surface area contributed by atoms with Crippen molar-refractivity contribution in [3.05, 3.63) is 58.4 Å². The van der Waals surface area contributed by atoms with Gasteiger partial charge >= 0.3 is 0 Å². The fraction of sp³-hybridized carbons (Fsp3) is 0.333. The van der Waals surface area contributed by atoms with Crippen LogP contribution in [0.1, 0.15) is 17.5 Å². The van der Waals surface area contributed by atoms with Crippen molar-refractivity contribution < 1.29 is 39.2 Å². The van der Waals surface area contributed by atoms with Crippen LogP contribution in [0.2, 0.25) is 0 Å². The van der Waals surface area contributed by atoms with Gasteiger partial charge in [0.25, 0.3) is 5.91 Å². The maximum Gasteiger partial charge on any atom is 0.255 e. The number of benzene rings is 2. The molecule has 1 fully saturated rings. The number of carbonyl (C=O) groups excluding carboxylic acids is 3. The lowest BCUT2D eigenvalue weighted by molar-refractivity contribution is -0.139. The van der Waals surface area contributed by atoms with E-state index >= 15 is 0 Å². The molecule has 2 aromatic carbocycles. The van der Waals surface area contributed by atoms with Gasteiger partial charge in [0.05, 0.1) is 48.5 Å². The molecule has 224 valence electrons. The summed E-state index contributed by atoms with van der Waals surface area (Å²) < 4.78 is 10.9. The first kappa shape index (κ1) is 29.6. The third-order valence-electron chi connectivity index (χ3n) is 8.83. The molecule has 0 aliphatic heterocycles. The first-order chi connectivity index (χ1) is 20.1. The van der Waals surface area contributed by atoms with Crippen LogP contribution in [0.4, 0.5) is 0 Å². The third-order valence-corrected chi connectivity index (χ3v) is 8.83. The standard InChI is InChI=1S/C30H31N5O8/c1-35(2)24-23(38)20(27(32)41)25(39)29(12-31)26(40)21-22(37)19-16(10-28(21,33)11-30(24,29)34)14(7-8-17(19)36)15-6-5-13(42-3)9-18(15)43-4/h5-9,24,36-37,39H,10-11,33-34H2,1-4H3,(H2,32,41)/t24-,28-,29+,30-/m1/s1. The number of likely N-dealkylation sites (N-methyl/N-ethyl adjacent to an activating group) is 1. The zero-order valence-corrected chi connectivity index (χ0v) is 23.9. The van der Waals surface area contributed by atoms with Gasteiger partial charge in [-0.1, -0.05) is 6.07 Å². The van der Waals surface area contributed by atoms with Gasteiger partial charge in [0.2, 0.25) is 0 Å². The van der Waals surface area contributed by atoms with E-state index in [4.69, 9.17) is 26.7 Å². The van der Waals surface area contributed by atoms with Crippen molar-refractivity contribution in [2.24, 2.45) is 22.6 Å². The van der Waals surface area contributed by atoms with Crippen LogP contribution in [-0.2, 0) is 20.8 Å². The first-order valence-corrected chi connectivity index (χ1v) is 13.1. The predicted octanol–water partition coefficient (Wildman–Crippen LogP) is 0.590. The van der Waals surface area contributed by atoms with Gasteiger partial charge in [0, 0.05) is 11.6 Å². The van der Waals surface area contributed by atoms with E-state index in [2.05, 4.69) is 0 Å². The second kappa shape index (κ2) is 9.56. The number of hydrogen-bond donors (Lipinski definition) is 6. The van der Waals surface area contributed by atoms with Crippen molar-refractivity contribution in [1.29, 1.82) is 5.26 Å². The normalized spacial score (nSPS) is 28.2. The summed E-state index contributed by atoms with van der Waals surface area (Å²) in [6, 6.07) is 8.25. The van der Waals surface area contributed by atoms with Crippen molar-refractivity contribution in [2.75, 3.05) is 28.3 Å². The number of phenols is 1. The number of fused-ring (bicyclic) bond motifs is 3. The Hall–Kier alpha value is -4.90. The lowest BCUT2D eigenvalue weighted by atomic mass is 9.47. The molecule has 4 atom stereocenters. The lowest BCUT2D eigenvalue weighted by Gasteiger charge is -2.58. The number of hydrogen-bond acceptors (Lipinski definition) is 12. The number of aliphatic hydroxyl groups excluding tert-OH is 2. The minimum atomic E-state index is -2.73. The minimum Gasteiger partial charge on any atom is -0.509 e. The van der Waals surface area contributed by atoms with Crippen LogP contribution in [0.15, 0.2) is 47.2 Å². The van der Waals surface area contributed by atoms with Crippen LogP contribution >= 0.6 is 0 Å². The fourth-order valence-corrected chi connectivity index (χ4v) is 7.11. The Balaban J connectivity index is 1.85. The number of methoxy groups -OCH3 is 2. The highest BCUT2D eigenvalue weighted by atomic mass is 16.5. The Labute approximate surface area is 246 Å². The van der Waals surface area contributed by atoms with E-state index < -0.39 is 69.1 Å². The first-order valence-electron chi connectivity index (χ1n) is 13.1. The number of aliphatic hydroxyl groups is 2. The van der Waals surface area contributed by atoms with Crippen molar-refractivity contribution in [3.8, 4) is 34.4 Å². The average Bonchev–Trinajstić information content (AvgIpc) is 2.91. The van der Waals surface area contributed by atoms with Gasteiger partial charge in [-0.05, 0) is 56.3 Å². The van der Waals surface area contributed by atoms with Crippen LogP contribution in [0.25, 0.3) is 16.9 Å². The van der Waals surface area contributed by atoms with Gasteiger partial charge < -0.3 is 42.0 Å². The molecule has 0 heterocycles. The summed E-state index contributed by atoms with van der Waals surface area (Å²) in [6.07, 6.45) is -0.661. The van der Waals surface area contributed by atoms with Crippen molar-refractivity contribution in [1.82, 2.24) is 4.90 Å². The number of nitrogens with two attached hydrogens (primary N) is 3. The third kappa shape index (κ3) is 3.64. The van der Waals surface area contributed by atoms with Crippen molar-refractivity contribution in [2.45, 2.75) is 30.0 Å². The molecule has 3 aliphatic rings. The maximum atomic E-state index is 14.5. The smallest absolute Gasteiger partial charge is 0.255 e. The number of ketones is 2. The number of ether oxygens (including phenoxy) is 2. The fourth-order valence-electron chi connectivity index (χ4n) is 7.11. The van der Waals surface area contributed by atoms with Crippen LogP contribution < -0.4 is 26.7 Å². The minimum absolute atomic E-state index is 0.118. The second-order valence-corrected chi connectivity index (χ2v) is 11.3. The number of nitriles is 1. The number of amides is 1. The van der Waals surface area contributed by atoms with E-state index in [1.807, 2.05) is 0 Å². The van der Waals surface area contributed by atoms with Crippen LogP contribution in [0, 0.1) is 16.7 Å². The van der Waals surface area contributed by atoms with E-state index in [1.54, 1.807) is 30.3 Å². The Kier molecular flexibility index (Phi) is 6.58. The molecule has 13 nitrogen and oxygen atoms in total. The Morgan fingerprint density at radius 2 is 1.72 bits per heavy atom. The van der Waals surface area contributed by atoms with E-state index in [0.717, 1.165) is 0 Å². The molecule has 3 aliphatic carbocycles. The summed E-state index contributed by atoms with van der Waals surface area (Å²) in [5, 5.41) is 44.4. The molecule has 1 amide bonds. The van der Waals surface area contributed by atoms with E-state index in [0.29, 0.717) is 28.2 Å². The summed E-state index contributed by atoms with van der Waals surface area (Å²) in [4.78, 5) is 41.7. The summed E-state index contributed by atoms with van der Waals surface area (Å²) in [7, 11) is 5.88. The molecule has 1 saturated carbocycles. The summed E-state index contributed by atoms with van der Waals surface area (Å²) in [5.74, 6) is -4.94. The van der Waals surface area contributed by atoms with Gasteiger partial charge in [-0.2, -0.15) is 5.26 Å². The van der Waals surface area contributed by atoms with Gasteiger partial charge in [0.15, 0.2) is 17.0 Å². The lowest BCUT2D eigenvalue weighted by Crippen LogP contribution is -2.80. The molecule has 5 rings (SSSR count). The van der Waals surface area contributed by atoms with Gasteiger partial charge in [-0.15, -0.1) is 0 Å². The number of nitrogens with zero attached hydrogens (tertiary/aromatic N) is 2. The SMILES string of the molecule is COc1ccc(-c2ccc(O)c3c2C[C@@]2(N)C[C@@]4(N)[C@H](N(C)C)C(=O)C(C(N)=O)=C(O)[C@@]4(C#N)C(=O)C2=C3O)c(OC)c1. The quantitative estimate of drug-likeness (QED) is 0.263. The van der Waals surface area contributed by atoms with E-state index in [-0.39, 0.29) is 17.7 Å². The number of Topliss-reactive ketones (excluding diaryl/α,β-unsaturated/α-hetero) is 2. The Morgan fingerprint density at radius 3 is 2.28 bits per heavy atom. The summed E-state index contributed by atoms with van der Waals surface area (Å²) in [5.41, 5.74) is 12.4. The average molecular weight is 590 g/mol. The number of rotatable bonds is 5. The topological polar surface area (TPSA) is 235 Å². The molecule has 43 heavy (non-hydrogen) atoms. The van der Waals surface area contributed by atoms with E-state index in [9.17, 15) is 35.0 Å². The number of phenolic OH excluding ortho intramolecular Hbond substituents is 1. The van der Waals surface area contributed by atoms with Crippen LogP contribution in [0.3, 0.4) is 0 Å². The molecule has 0 unspecified atom stereocenters. The molecule has 0 radical (unpaired) electrons. The molecular formula is C30H31N5O8. The molecule has 9 N–H and O–H groups in total. The Morgan fingerprint density at radius 1 is 1.07 bits per heavy atom. The van der Waals surface area contributed by atoms with Gasteiger partial charge in [0.1, 0.15) is 34.3 Å². The highest BCUT2D eigenvalue weighted by Crippen LogP contribution is 2.59. The van der Waals surface area contributed by atoms with Crippen LogP contribution in [-0.4, -0.2) is 83.1 Å². The highest BCUT2D eigenvalue weighted by molar-refractivity contribution is 6.25.